The lowest BCUT2D eigenvalue weighted by Crippen LogP contribution is -2.19. The van der Waals surface area contributed by atoms with Gasteiger partial charge >= 0.3 is 0 Å². The number of ether oxygens (including phenoxy) is 1. The third-order valence-corrected chi connectivity index (χ3v) is 5.05. The zero-order chi connectivity index (χ0) is 19.5. The van der Waals surface area contributed by atoms with Crippen LogP contribution in [0, 0.1) is 0 Å². The lowest BCUT2D eigenvalue weighted by Gasteiger charge is -2.22. The van der Waals surface area contributed by atoms with Crippen LogP contribution < -0.4 is 4.74 Å². The molecule has 0 bridgehead atoms. The highest BCUT2D eigenvalue weighted by Gasteiger charge is 2.24. The van der Waals surface area contributed by atoms with Gasteiger partial charge in [0.25, 0.3) is 0 Å². The van der Waals surface area contributed by atoms with Gasteiger partial charge in [0.05, 0.1) is 22.8 Å². The van der Waals surface area contributed by atoms with E-state index in [9.17, 15) is 8.42 Å². The van der Waals surface area contributed by atoms with E-state index in [0.717, 1.165) is 0 Å². The molecule has 0 saturated carbocycles. The zero-order valence-corrected chi connectivity index (χ0v) is 16.5. The molecule has 0 saturated heterocycles. The molecule has 0 fully saturated rings. The molecule has 1 atom stereocenters. The highest BCUT2D eigenvalue weighted by atomic mass is 35.5. The maximum absolute atomic E-state index is 11.3. The summed E-state index contributed by atoms with van der Waals surface area (Å²) in [6.07, 6.45) is 4.29. The number of sulfone groups is 1. The van der Waals surface area contributed by atoms with E-state index in [1.165, 1.54) is 6.26 Å². The molecule has 2 aromatic heterocycles. The highest BCUT2D eigenvalue weighted by molar-refractivity contribution is 7.90. The van der Waals surface area contributed by atoms with Gasteiger partial charge in [0.1, 0.15) is 15.0 Å². The largest absolute Gasteiger partial charge is 0.474 e. The van der Waals surface area contributed by atoms with Gasteiger partial charge in [-0.3, -0.25) is 0 Å². The lowest BCUT2D eigenvalue weighted by atomic mass is 9.93. The number of azide groups is 1. The number of hydrogen-bond donors (Lipinski definition) is 0. The van der Waals surface area contributed by atoms with Crippen LogP contribution in [0.5, 0.6) is 5.88 Å². The first-order valence-electron chi connectivity index (χ1n) is 7.89. The van der Waals surface area contributed by atoms with E-state index < -0.39 is 15.4 Å². The van der Waals surface area contributed by atoms with Gasteiger partial charge in [0.2, 0.25) is 5.88 Å². The molecule has 2 heterocycles. The van der Waals surface area contributed by atoms with Crippen LogP contribution in [-0.4, -0.2) is 36.5 Å². The number of fused-ring (bicyclic) bond motifs is 1. The molecule has 10 heteroatoms. The Bertz CT molecular complexity index is 971. The summed E-state index contributed by atoms with van der Waals surface area (Å²) in [6.45, 7) is 5.32. The molecule has 8 nitrogen and oxygen atoms in total. The zero-order valence-electron chi connectivity index (χ0n) is 15.0. The quantitative estimate of drug-likeness (QED) is 0.302. The molecular formula is C16H20ClN5O3S. The van der Waals surface area contributed by atoms with Crippen LogP contribution in [0.1, 0.15) is 32.8 Å². The van der Waals surface area contributed by atoms with Gasteiger partial charge in [-0.15, -0.1) is 0 Å². The maximum atomic E-state index is 11.3. The molecule has 0 aromatic carbocycles. The van der Waals surface area contributed by atoms with E-state index in [2.05, 4.69) is 20.0 Å². The van der Waals surface area contributed by atoms with Crippen LogP contribution in [-0.2, 0) is 15.4 Å². The molecule has 0 aliphatic rings. The number of halogens is 1. The van der Waals surface area contributed by atoms with Gasteiger partial charge in [-0.05, 0) is 35.9 Å². The SMILES string of the molecule is CC(CCS(C)(=O)=O)Oc1ncc(C(C)(C)N=[N+]=[N-])c2cc(Cl)ncc12. The Morgan fingerprint density at radius 3 is 2.65 bits per heavy atom. The summed E-state index contributed by atoms with van der Waals surface area (Å²) in [6, 6.07) is 1.66. The summed E-state index contributed by atoms with van der Waals surface area (Å²) < 4.78 is 28.5. The second-order valence-electron chi connectivity index (χ2n) is 6.63. The van der Waals surface area contributed by atoms with E-state index in [1.54, 1.807) is 39.2 Å². The van der Waals surface area contributed by atoms with Crippen molar-refractivity contribution in [3.63, 3.8) is 0 Å². The number of rotatable bonds is 7. The predicted molar refractivity (Wildman–Crippen MR) is 101 cm³/mol. The number of hydrogen-bond acceptors (Lipinski definition) is 6. The van der Waals surface area contributed by atoms with E-state index in [1.807, 2.05) is 0 Å². The minimum absolute atomic E-state index is 0.0260. The Balaban J connectivity index is 2.46. The summed E-state index contributed by atoms with van der Waals surface area (Å²) in [5.74, 6) is 0.351. The van der Waals surface area contributed by atoms with Crippen molar-refractivity contribution in [2.75, 3.05) is 12.0 Å². The van der Waals surface area contributed by atoms with Crippen molar-refractivity contribution in [2.24, 2.45) is 5.11 Å². The molecule has 140 valence electrons. The van der Waals surface area contributed by atoms with Crippen LogP contribution in [0.15, 0.2) is 23.6 Å². The first-order valence-corrected chi connectivity index (χ1v) is 10.3. The molecule has 0 aliphatic heterocycles. The van der Waals surface area contributed by atoms with Gasteiger partial charge in [0.15, 0.2) is 0 Å². The minimum atomic E-state index is -3.07. The summed E-state index contributed by atoms with van der Waals surface area (Å²) >= 11 is 6.03. The Kier molecular flexibility index (Phi) is 5.95. The summed E-state index contributed by atoms with van der Waals surface area (Å²) in [7, 11) is -3.07. The van der Waals surface area contributed by atoms with E-state index >= 15 is 0 Å². The van der Waals surface area contributed by atoms with E-state index in [-0.39, 0.29) is 17.0 Å². The second-order valence-corrected chi connectivity index (χ2v) is 9.27. The van der Waals surface area contributed by atoms with Crippen LogP contribution >= 0.6 is 11.6 Å². The third-order valence-electron chi connectivity index (χ3n) is 3.86. The Labute approximate surface area is 157 Å². The van der Waals surface area contributed by atoms with Crippen LogP contribution in [0.2, 0.25) is 5.15 Å². The predicted octanol–water partition coefficient (Wildman–Crippen LogP) is 4.03. The minimum Gasteiger partial charge on any atom is -0.474 e. The van der Waals surface area contributed by atoms with Crippen molar-refractivity contribution in [2.45, 2.75) is 38.8 Å². The summed E-state index contributed by atoms with van der Waals surface area (Å²) in [5.41, 5.74) is 8.66. The third kappa shape index (κ3) is 4.97. The average Bonchev–Trinajstić information content (AvgIpc) is 2.52. The van der Waals surface area contributed by atoms with Crippen molar-refractivity contribution < 1.29 is 13.2 Å². The fourth-order valence-corrected chi connectivity index (χ4v) is 3.38. The first kappa shape index (κ1) is 20.2. The standard InChI is InChI=1S/C16H20ClN5O3S/c1-10(5-6-26(4,23)24)25-15-12-8-19-14(17)7-11(12)13(9-20-15)16(2,3)21-22-18/h7-10H,5-6H2,1-4H3. The maximum Gasteiger partial charge on any atom is 0.223 e. The van der Waals surface area contributed by atoms with Crippen molar-refractivity contribution >= 4 is 32.2 Å². The molecule has 0 N–H and O–H groups in total. The summed E-state index contributed by atoms with van der Waals surface area (Å²) in [5, 5.41) is 5.43. The van der Waals surface area contributed by atoms with Gasteiger partial charge < -0.3 is 4.74 Å². The molecule has 26 heavy (non-hydrogen) atoms. The lowest BCUT2D eigenvalue weighted by molar-refractivity contribution is 0.212. The van der Waals surface area contributed by atoms with E-state index in [0.29, 0.717) is 28.6 Å². The monoisotopic (exact) mass is 397 g/mol. The highest BCUT2D eigenvalue weighted by Crippen LogP contribution is 2.35. The number of nitrogens with zero attached hydrogens (tertiary/aromatic N) is 5. The smallest absolute Gasteiger partial charge is 0.223 e. The van der Waals surface area contributed by atoms with Crippen molar-refractivity contribution in [3.05, 3.63) is 39.6 Å². The van der Waals surface area contributed by atoms with Crippen molar-refractivity contribution in [1.82, 2.24) is 9.97 Å². The molecule has 0 aliphatic carbocycles. The number of aromatic nitrogens is 2. The van der Waals surface area contributed by atoms with Crippen molar-refractivity contribution in [1.29, 1.82) is 0 Å². The Hall–Kier alpha value is -2.09. The molecule has 1 unspecified atom stereocenters. The Morgan fingerprint density at radius 2 is 2.04 bits per heavy atom. The molecule has 2 rings (SSSR count). The van der Waals surface area contributed by atoms with Gasteiger partial charge in [-0.1, -0.05) is 30.6 Å². The molecule has 0 spiro atoms. The molecule has 0 amide bonds. The van der Waals surface area contributed by atoms with Gasteiger partial charge in [0, 0.05) is 23.6 Å². The van der Waals surface area contributed by atoms with Crippen LogP contribution in [0.4, 0.5) is 0 Å². The van der Waals surface area contributed by atoms with E-state index in [4.69, 9.17) is 21.9 Å². The fraction of sp³-hybridized carbons (Fsp3) is 0.500. The average molecular weight is 398 g/mol. The topological polar surface area (TPSA) is 118 Å². The molecule has 2 aromatic rings. The van der Waals surface area contributed by atoms with Crippen LogP contribution in [0.3, 0.4) is 0 Å². The molecule has 0 radical (unpaired) electrons. The van der Waals surface area contributed by atoms with Gasteiger partial charge in [-0.25, -0.2) is 18.4 Å². The van der Waals surface area contributed by atoms with Crippen LogP contribution in [0.25, 0.3) is 21.2 Å². The van der Waals surface area contributed by atoms with Gasteiger partial charge in [-0.2, -0.15) is 0 Å². The number of pyridine rings is 2. The molecular weight excluding hydrogens is 378 g/mol. The van der Waals surface area contributed by atoms with Crippen molar-refractivity contribution in [3.8, 4) is 5.88 Å². The summed E-state index contributed by atoms with van der Waals surface area (Å²) in [4.78, 5) is 11.3. The fourth-order valence-electron chi connectivity index (χ4n) is 2.46. The Morgan fingerprint density at radius 1 is 1.35 bits per heavy atom. The second kappa shape index (κ2) is 7.65. The normalized spacial score (nSPS) is 13.3. The first-order chi connectivity index (χ1) is 12.0.